The van der Waals surface area contributed by atoms with Gasteiger partial charge in [-0.3, -0.25) is 14.3 Å². The van der Waals surface area contributed by atoms with Crippen LogP contribution in [0.25, 0.3) is 0 Å². The maximum absolute atomic E-state index is 13.4. The number of nitrogens with two attached hydrogens (primary N) is 1. The standard InChI is InChI=1S/C29H32Cl2N4O5S/c30-21-9-12-26(24(31)19-21)40-27-8-3-2-7-25(27)34-41(38,39)22-10-11-23(29(32)37)20(17-22)18-28(36)33-13-6-16-35-14-4-1-5-15-35/h2-3,7-12,17,19,34H,1,4-6,13-16,18H2,(H2,32,37)(H,33,36). The minimum atomic E-state index is -4.15. The number of hydrogen-bond acceptors (Lipinski definition) is 6. The molecule has 4 N–H and O–H groups in total. The summed E-state index contributed by atoms with van der Waals surface area (Å²) < 4.78 is 35.1. The Bertz CT molecular complexity index is 1510. The number of carbonyl (C=O) groups is 2. The van der Waals surface area contributed by atoms with Crippen LogP contribution in [0.2, 0.25) is 10.0 Å². The third-order valence-corrected chi connectivity index (χ3v) is 8.56. The number of anilines is 1. The van der Waals surface area contributed by atoms with E-state index in [1.165, 1.54) is 49.6 Å². The minimum absolute atomic E-state index is 0.0773. The van der Waals surface area contributed by atoms with E-state index in [0.717, 1.165) is 26.1 Å². The summed E-state index contributed by atoms with van der Waals surface area (Å²) in [6.45, 7) is 3.55. The predicted molar refractivity (Wildman–Crippen MR) is 160 cm³/mol. The van der Waals surface area contributed by atoms with E-state index >= 15 is 0 Å². The number of hydrogen-bond donors (Lipinski definition) is 3. The lowest BCUT2D eigenvalue weighted by atomic mass is 10.0. The van der Waals surface area contributed by atoms with Gasteiger partial charge < -0.3 is 20.7 Å². The molecule has 4 rings (SSSR count). The van der Waals surface area contributed by atoms with E-state index in [2.05, 4.69) is 14.9 Å². The molecule has 9 nitrogen and oxygen atoms in total. The Hall–Kier alpha value is -3.31. The fourth-order valence-corrected chi connectivity index (χ4v) is 6.16. The van der Waals surface area contributed by atoms with Crippen LogP contribution in [-0.2, 0) is 21.2 Å². The Morgan fingerprint density at radius 3 is 2.44 bits per heavy atom. The van der Waals surface area contributed by atoms with Crippen LogP contribution in [0.1, 0.15) is 41.6 Å². The van der Waals surface area contributed by atoms with Gasteiger partial charge in [0.15, 0.2) is 5.75 Å². The summed E-state index contributed by atoms with van der Waals surface area (Å²) in [5.41, 5.74) is 5.96. The molecule has 218 valence electrons. The van der Waals surface area contributed by atoms with Crippen molar-refractivity contribution in [1.29, 1.82) is 0 Å². The van der Waals surface area contributed by atoms with Crippen molar-refractivity contribution in [1.82, 2.24) is 10.2 Å². The van der Waals surface area contributed by atoms with Gasteiger partial charge in [0.05, 0.1) is 22.0 Å². The van der Waals surface area contributed by atoms with Gasteiger partial charge in [0.1, 0.15) is 5.75 Å². The highest BCUT2D eigenvalue weighted by atomic mass is 35.5. The summed E-state index contributed by atoms with van der Waals surface area (Å²) >= 11 is 12.2. The Morgan fingerprint density at radius 1 is 0.951 bits per heavy atom. The van der Waals surface area contributed by atoms with Crippen molar-refractivity contribution in [2.75, 3.05) is 30.9 Å². The van der Waals surface area contributed by atoms with Gasteiger partial charge in [-0.1, -0.05) is 41.8 Å². The Labute approximate surface area is 250 Å². The molecule has 0 atom stereocenters. The van der Waals surface area contributed by atoms with Crippen LogP contribution in [0.4, 0.5) is 5.69 Å². The number of ether oxygens (including phenoxy) is 1. The van der Waals surface area contributed by atoms with Gasteiger partial charge >= 0.3 is 0 Å². The number of sulfonamides is 1. The van der Waals surface area contributed by atoms with Crippen LogP contribution in [0.3, 0.4) is 0 Å². The van der Waals surface area contributed by atoms with Crippen LogP contribution >= 0.6 is 23.2 Å². The first-order chi connectivity index (χ1) is 19.6. The number of amides is 2. The monoisotopic (exact) mass is 618 g/mol. The topological polar surface area (TPSA) is 131 Å². The molecule has 3 aromatic rings. The second kappa shape index (κ2) is 14.0. The van der Waals surface area contributed by atoms with E-state index in [1.807, 2.05) is 0 Å². The minimum Gasteiger partial charge on any atom is -0.454 e. The van der Waals surface area contributed by atoms with E-state index in [0.29, 0.717) is 11.6 Å². The van der Waals surface area contributed by atoms with E-state index in [1.54, 1.807) is 30.3 Å². The van der Waals surface area contributed by atoms with E-state index < -0.39 is 15.9 Å². The molecule has 12 heteroatoms. The first-order valence-corrected chi connectivity index (χ1v) is 15.5. The molecule has 2 amide bonds. The number of rotatable bonds is 12. The highest BCUT2D eigenvalue weighted by Gasteiger charge is 2.21. The van der Waals surface area contributed by atoms with Crippen LogP contribution in [-0.4, -0.2) is 51.3 Å². The molecular weight excluding hydrogens is 587 g/mol. The second-order valence-electron chi connectivity index (χ2n) is 9.74. The number of carbonyl (C=O) groups excluding carboxylic acids is 2. The Morgan fingerprint density at radius 2 is 1.71 bits per heavy atom. The predicted octanol–water partition coefficient (Wildman–Crippen LogP) is 5.22. The molecule has 0 aromatic heterocycles. The van der Waals surface area contributed by atoms with Crippen molar-refractivity contribution in [2.24, 2.45) is 5.73 Å². The fourth-order valence-electron chi connectivity index (χ4n) is 4.59. The molecule has 1 fully saturated rings. The number of benzene rings is 3. The summed E-state index contributed by atoms with van der Waals surface area (Å²) in [7, 11) is -4.15. The van der Waals surface area contributed by atoms with Crippen molar-refractivity contribution in [3.8, 4) is 11.5 Å². The maximum atomic E-state index is 13.4. The molecule has 0 saturated carbocycles. The highest BCUT2D eigenvalue weighted by molar-refractivity contribution is 7.92. The first kappa shape index (κ1) is 30.6. The lowest BCUT2D eigenvalue weighted by molar-refractivity contribution is -0.120. The zero-order valence-electron chi connectivity index (χ0n) is 22.4. The molecule has 1 aliphatic heterocycles. The second-order valence-corrected chi connectivity index (χ2v) is 12.3. The molecule has 1 heterocycles. The van der Waals surface area contributed by atoms with Gasteiger partial charge in [0.25, 0.3) is 10.0 Å². The number of likely N-dealkylation sites (tertiary alicyclic amines) is 1. The van der Waals surface area contributed by atoms with Crippen molar-refractivity contribution in [3.63, 3.8) is 0 Å². The molecule has 1 saturated heterocycles. The van der Waals surface area contributed by atoms with Crippen LogP contribution in [0.15, 0.2) is 65.6 Å². The Kier molecular flexibility index (Phi) is 10.5. The lowest BCUT2D eigenvalue weighted by Crippen LogP contribution is -2.34. The third-order valence-electron chi connectivity index (χ3n) is 6.67. The zero-order chi connectivity index (χ0) is 29.4. The number of piperidine rings is 1. The molecule has 41 heavy (non-hydrogen) atoms. The van der Waals surface area contributed by atoms with Crippen LogP contribution in [0.5, 0.6) is 11.5 Å². The molecular formula is C29H32Cl2N4O5S. The molecule has 0 radical (unpaired) electrons. The van der Waals surface area contributed by atoms with Crippen molar-refractivity contribution in [3.05, 3.63) is 81.8 Å². The molecule has 1 aliphatic rings. The van der Waals surface area contributed by atoms with E-state index in [-0.39, 0.29) is 50.6 Å². The van der Waals surface area contributed by atoms with Gasteiger partial charge in [0, 0.05) is 17.1 Å². The number of primary amides is 1. The normalized spacial score (nSPS) is 13.9. The van der Waals surface area contributed by atoms with Gasteiger partial charge in [0.2, 0.25) is 11.8 Å². The van der Waals surface area contributed by atoms with E-state index in [9.17, 15) is 18.0 Å². The summed E-state index contributed by atoms with van der Waals surface area (Å²) in [4.78, 5) is 27.0. The van der Waals surface area contributed by atoms with Crippen LogP contribution < -0.4 is 20.5 Å². The van der Waals surface area contributed by atoms with Gasteiger partial charge in [-0.05, 0) is 93.0 Å². The van der Waals surface area contributed by atoms with Crippen LogP contribution in [0, 0.1) is 0 Å². The average Bonchev–Trinajstić information content (AvgIpc) is 2.94. The zero-order valence-corrected chi connectivity index (χ0v) is 24.7. The number of para-hydroxylation sites is 2. The first-order valence-electron chi connectivity index (χ1n) is 13.3. The molecule has 3 aromatic carbocycles. The average molecular weight is 620 g/mol. The molecule has 0 spiro atoms. The summed E-state index contributed by atoms with van der Waals surface area (Å²) in [6, 6.07) is 15.0. The van der Waals surface area contributed by atoms with Crippen molar-refractivity contribution >= 4 is 50.7 Å². The molecule has 0 unspecified atom stereocenters. The lowest BCUT2D eigenvalue weighted by Gasteiger charge is -2.26. The number of nitrogens with zero attached hydrogens (tertiary/aromatic N) is 1. The Balaban J connectivity index is 1.46. The highest BCUT2D eigenvalue weighted by Crippen LogP contribution is 2.36. The number of nitrogens with one attached hydrogen (secondary N) is 2. The van der Waals surface area contributed by atoms with Crippen molar-refractivity contribution in [2.45, 2.75) is 37.0 Å². The van der Waals surface area contributed by atoms with Gasteiger partial charge in [-0.2, -0.15) is 0 Å². The summed E-state index contributed by atoms with van der Waals surface area (Å²) in [5.74, 6) is -0.586. The fraction of sp³-hybridized carbons (Fsp3) is 0.310. The largest absolute Gasteiger partial charge is 0.454 e. The quantitative estimate of drug-likeness (QED) is 0.239. The smallest absolute Gasteiger partial charge is 0.262 e. The molecule has 0 aliphatic carbocycles. The summed E-state index contributed by atoms with van der Waals surface area (Å²) in [6.07, 6.45) is 4.27. The SMILES string of the molecule is NC(=O)c1ccc(S(=O)(=O)Nc2ccccc2Oc2ccc(Cl)cc2Cl)cc1CC(=O)NCCCN1CCCCC1. The van der Waals surface area contributed by atoms with Gasteiger partial charge in [-0.15, -0.1) is 0 Å². The summed E-state index contributed by atoms with van der Waals surface area (Å²) in [5, 5.41) is 3.54. The van der Waals surface area contributed by atoms with Gasteiger partial charge in [-0.25, -0.2) is 8.42 Å². The number of halogens is 2. The third kappa shape index (κ3) is 8.59. The maximum Gasteiger partial charge on any atom is 0.262 e. The van der Waals surface area contributed by atoms with E-state index in [4.69, 9.17) is 33.7 Å². The molecule has 0 bridgehead atoms. The van der Waals surface area contributed by atoms with Crippen molar-refractivity contribution < 1.29 is 22.7 Å².